The van der Waals surface area contributed by atoms with Crippen molar-refractivity contribution in [2.75, 3.05) is 6.54 Å². The van der Waals surface area contributed by atoms with Gasteiger partial charge in [0.25, 0.3) is 0 Å². The van der Waals surface area contributed by atoms with Gasteiger partial charge in [-0.3, -0.25) is 0 Å². The van der Waals surface area contributed by atoms with Crippen LogP contribution in [0.2, 0.25) is 0 Å². The van der Waals surface area contributed by atoms with Gasteiger partial charge in [-0.2, -0.15) is 0 Å². The molecule has 0 unspecified atom stereocenters. The van der Waals surface area contributed by atoms with Crippen molar-refractivity contribution in [1.82, 2.24) is 5.32 Å². The summed E-state index contributed by atoms with van der Waals surface area (Å²) in [7, 11) is 0. The zero-order chi connectivity index (χ0) is 8.23. The normalized spacial score (nSPS) is 23.8. The molecule has 1 aromatic rings. The van der Waals surface area contributed by atoms with Gasteiger partial charge >= 0.3 is 0 Å². The van der Waals surface area contributed by atoms with E-state index in [0.29, 0.717) is 6.04 Å². The Kier molecular flexibility index (Phi) is 2.42. The third-order valence-electron chi connectivity index (χ3n) is 2.51. The fraction of sp³-hybridized carbons (Fsp3) is 0.455. The molecule has 0 spiro atoms. The van der Waals surface area contributed by atoms with Gasteiger partial charge in [-0.25, -0.2) is 0 Å². The summed E-state index contributed by atoms with van der Waals surface area (Å²) >= 11 is 0. The highest BCUT2D eigenvalue weighted by Gasteiger charge is 2.13. The predicted octanol–water partition coefficient (Wildman–Crippen LogP) is 2.50. The minimum absolute atomic E-state index is 0.611. The Balaban J connectivity index is 2.08. The van der Waals surface area contributed by atoms with Gasteiger partial charge in [-0.1, -0.05) is 36.8 Å². The minimum Gasteiger partial charge on any atom is -0.310 e. The molecule has 1 heterocycles. The molecule has 2 rings (SSSR count). The van der Waals surface area contributed by atoms with Crippen LogP contribution in [-0.4, -0.2) is 6.54 Å². The van der Waals surface area contributed by atoms with Crippen molar-refractivity contribution in [3.8, 4) is 0 Å². The maximum atomic E-state index is 3.54. The van der Waals surface area contributed by atoms with Crippen molar-refractivity contribution in [1.29, 1.82) is 0 Å². The van der Waals surface area contributed by atoms with Crippen LogP contribution < -0.4 is 5.32 Å². The van der Waals surface area contributed by atoms with E-state index in [9.17, 15) is 0 Å². The lowest BCUT2D eigenvalue weighted by Gasteiger charge is -2.23. The van der Waals surface area contributed by atoms with E-state index in [0.717, 1.165) is 0 Å². The number of hydrogen-bond donors (Lipinski definition) is 1. The Morgan fingerprint density at radius 3 is 2.58 bits per heavy atom. The van der Waals surface area contributed by atoms with E-state index >= 15 is 0 Å². The lowest BCUT2D eigenvalue weighted by atomic mass is 9.98. The number of piperidine rings is 1. The highest BCUT2D eigenvalue weighted by Crippen LogP contribution is 2.21. The van der Waals surface area contributed by atoms with E-state index < -0.39 is 0 Å². The summed E-state index contributed by atoms with van der Waals surface area (Å²) in [6, 6.07) is 11.3. The molecule has 0 radical (unpaired) electrons. The molecule has 0 amide bonds. The van der Waals surface area contributed by atoms with Gasteiger partial charge in [-0.15, -0.1) is 0 Å². The molecule has 1 aliphatic rings. The molecule has 1 aliphatic heterocycles. The zero-order valence-corrected chi connectivity index (χ0v) is 7.29. The Morgan fingerprint density at radius 1 is 1.08 bits per heavy atom. The molecule has 0 saturated carbocycles. The van der Waals surface area contributed by atoms with Gasteiger partial charge in [0.1, 0.15) is 0 Å². The maximum Gasteiger partial charge on any atom is 0.0320 e. The fourth-order valence-electron chi connectivity index (χ4n) is 1.82. The van der Waals surface area contributed by atoms with Crippen molar-refractivity contribution in [2.24, 2.45) is 0 Å². The molecule has 1 nitrogen and oxygen atoms in total. The average Bonchev–Trinajstić information content (AvgIpc) is 2.21. The summed E-state index contributed by atoms with van der Waals surface area (Å²) in [6.07, 6.45) is 4.00. The molecule has 1 aromatic carbocycles. The largest absolute Gasteiger partial charge is 0.310 e. The molecular weight excluding hydrogens is 146 g/mol. The minimum atomic E-state index is 0.611. The van der Waals surface area contributed by atoms with Crippen LogP contribution in [0.3, 0.4) is 0 Å². The van der Waals surface area contributed by atoms with Crippen LogP contribution in [0.4, 0.5) is 0 Å². The van der Waals surface area contributed by atoms with E-state index in [1.54, 1.807) is 0 Å². The van der Waals surface area contributed by atoms with E-state index in [1.807, 2.05) is 0 Å². The number of hydrogen-bond acceptors (Lipinski definition) is 1. The Hall–Kier alpha value is -0.820. The SMILES string of the molecule is c1ccc([C@H]2CCCCN2)cc1. The third-order valence-corrected chi connectivity index (χ3v) is 2.51. The van der Waals surface area contributed by atoms with Gasteiger partial charge in [0.15, 0.2) is 0 Å². The molecule has 0 aliphatic carbocycles. The monoisotopic (exact) mass is 161 g/mol. The second kappa shape index (κ2) is 3.72. The van der Waals surface area contributed by atoms with Crippen LogP contribution in [0, 0.1) is 0 Å². The zero-order valence-electron chi connectivity index (χ0n) is 7.29. The first-order valence-corrected chi connectivity index (χ1v) is 4.75. The molecule has 1 saturated heterocycles. The topological polar surface area (TPSA) is 12.0 Å². The molecule has 64 valence electrons. The van der Waals surface area contributed by atoms with Crippen LogP contribution in [0.1, 0.15) is 30.9 Å². The summed E-state index contributed by atoms with van der Waals surface area (Å²) in [6.45, 7) is 1.18. The molecule has 0 bridgehead atoms. The lowest BCUT2D eigenvalue weighted by molar-refractivity contribution is 0.412. The molecule has 1 N–H and O–H groups in total. The van der Waals surface area contributed by atoms with Crippen molar-refractivity contribution < 1.29 is 0 Å². The Bertz CT molecular complexity index is 224. The first kappa shape index (κ1) is 7.81. The standard InChI is InChI=1S/C11H15N/c1-2-6-10(7-3-1)11-8-4-5-9-12-11/h1-3,6-7,11-12H,4-5,8-9H2/t11-/m1/s1. The van der Waals surface area contributed by atoms with Gasteiger partial charge < -0.3 is 5.32 Å². The number of nitrogens with one attached hydrogen (secondary N) is 1. The van der Waals surface area contributed by atoms with Crippen molar-refractivity contribution in [3.05, 3.63) is 35.9 Å². The highest BCUT2D eigenvalue weighted by molar-refractivity contribution is 5.19. The summed E-state index contributed by atoms with van der Waals surface area (Å²) < 4.78 is 0. The maximum absolute atomic E-state index is 3.54. The van der Waals surface area contributed by atoms with Crippen LogP contribution in [0.5, 0.6) is 0 Å². The third kappa shape index (κ3) is 1.67. The van der Waals surface area contributed by atoms with E-state index in [-0.39, 0.29) is 0 Å². The van der Waals surface area contributed by atoms with E-state index in [2.05, 4.69) is 35.6 Å². The predicted molar refractivity (Wildman–Crippen MR) is 51.0 cm³/mol. The summed E-state index contributed by atoms with van der Waals surface area (Å²) in [4.78, 5) is 0. The van der Waals surface area contributed by atoms with Crippen LogP contribution in [-0.2, 0) is 0 Å². The second-order valence-electron chi connectivity index (χ2n) is 3.41. The average molecular weight is 161 g/mol. The Labute approximate surface area is 73.8 Å². The summed E-state index contributed by atoms with van der Waals surface area (Å²) in [5.41, 5.74) is 1.44. The van der Waals surface area contributed by atoms with Crippen molar-refractivity contribution in [3.63, 3.8) is 0 Å². The highest BCUT2D eigenvalue weighted by atomic mass is 14.9. The van der Waals surface area contributed by atoms with Crippen molar-refractivity contribution in [2.45, 2.75) is 25.3 Å². The summed E-state index contributed by atoms with van der Waals surface area (Å²) in [5.74, 6) is 0. The molecular formula is C11H15N. The molecule has 0 aromatic heterocycles. The molecule has 1 heteroatoms. The lowest BCUT2D eigenvalue weighted by Crippen LogP contribution is -2.26. The smallest absolute Gasteiger partial charge is 0.0320 e. The van der Waals surface area contributed by atoms with E-state index in [1.165, 1.54) is 31.4 Å². The number of benzene rings is 1. The van der Waals surface area contributed by atoms with Crippen LogP contribution in [0.15, 0.2) is 30.3 Å². The first-order valence-electron chi connectivity index (χ1n) is 4.75. The van der Waals surface area contributed by atoms with Gasteiger partial charge in [0, 0.05) is 6.04 Å². The van der Waals surface area contributed by atoms with Gasteiger partial charge in [0.2, 0.25) is 0 Å². The molecule has 1 fully saturated rings. The van der Waals surface area contributed by atoms with Crippen LogP contribution in [0.25, 0.3) is 0 Å². The van der Waals surface area contributed by atoms with Crippen molar-refractivity contribution >= 4 is 0 Å². The Morgan fingerprint density at radius 2 is 1.92 bits per heavy atom. The molecule has 12 heavy (non-hydrogen) atoms. The van der Waals surface area contributed by atoms with Crippen LogP contribution >= 0.6 is 0 Å². The summed E-state index contributed by atoms with van der Waals surface area (Å²) in [5, 5.41) is 3.54. The van der Waals surface area contributed by atoms with Gasteiger partial charge in [-0.05, 0) is 24.9 Å². The second-order valence-corrected chi connectivity index (χ2v) is 3.41. The van der Waals surface area contributed by atoms with E-state index in [4.69, 9.17) is 0 Å². The first-order chi connectivity index (χ1) is 5.97. The number of rotatable bonds is 1. The molecule has 1 atom stereocenters. The van der Waals surface area contributed by atoms with Gasteiger partial charge in [0.05, 0.1) is 0 Å². The quantitative estimate of drug-likeness (QED) is 0.667. The fourth-order valence-corrected chi connectivity index (χ4v) is 1.82.